The quantitative estimate of drug-likeness (QED) is 0.760. The maximum atomic E-state index is 12.0. The van der Waals surface area contributed by atoms with Gasteiger partial charge in [-0.25, -0.2) is 13.6 Å². The zero-order valence-corrected chi connectivity index (χ0v) is 9.94. The van der Waals surface area contributed by atoms with Crippen LogP contribution in [0.4, 0.5) is 8.78 Å². The van der Waals surface area contributed by atoms with E-state index in [0.29, 0.717) is 11.5 Å². The number of hydrogen-bond donors (Lipinski definition) is 0. The van der Waals surface area contributed by atoms with Crippen LogP contribution in [0.15, 0.2) is 24.3 Å². The van der Waals surface area contributed by atoms with Crippen LogP contribution >= 0.6 is 0 Å². The average Bonchev–Trinajstić information content (AvgIpc) is 3.02. The Morgan fingerprint density at radius 2 is 2.22 bits per heavy atom. The number of alkyl halides is 2. The number of rotatable bonds is 5. The second-order valence-electron chi connectivity index (χ2n) is 4.39. The molecule has 0 aromatic heterocycles. The molecule has 2 atom stereocenters. The van der Waals surface area contributed by atoms with Gasteiger partial charge in [-0.15, -0.1) is 0 Å². The van der Waals surface area contributed by atoms with Gasteiger partial charge in [0.1, 0.15) is 18.5 Å². The molecule has 1 saturated carbocycles. The molecular formula is C13H14F2O3. The Labute approximate surface area is 104 Å². The van der Waals surface area contributed by atoms with E-state index in [2.05, 4.69) is 0 Å². The largest absolute Gasteiger partial charge is 0.488 e. The predicted octanol–water partition coefficient (Wildman–Crippen LogP) is 2.90. The smallest absolute Gasteiger partial charge is 0.338 e. The number of benzene rings is 1. The van der Waals surface area contributed by atoms with Crippen molar-refractivity contribution in [2.24, 2.45) is 5.92 Å². The van der Waals surface area contributed by atoms with Crippen LogP contribution in [0, 0.1) is 5.92 Å². The van der Waals surface area contributed by atoms with Crippen LogP contribution in [0.5, 0.6) is 5.75 Å². The first-order chi connectivity index (χ1) is 8.56. The Kier molecular flexibility index (Phi) is 3.79. The van der Waals surface area contributed by atoms with Gasteiger partial charge in [0.2, 0.25) is 0 Å². The minimum Gasteiger partial charge on any atom is -0.488 e. The lowest BCUT2D eigenvalue weighted by molar-refractivity contribution is 0.0453. The SMILES string of the molecule is CC1CC1OC(=O)c1cccc(OCC(F)F)c1. The summed E-state index contributed by atoms with van der Waals surface area (Å²) in [6, 6.07) is 6.09. The summed E-state index contributed by atoms with van der Waals surface area (Å²) in [7, 11) is 0. The van der Waals surface area contributed by atoms with E-state index in [0.717, 1.165) is 6.42 Å². The number of halogens is 2. The van der Waals surface area contributed by atoms with Gasteiger partial charge in [0.25, 0.3) is 6.43 Å². The van der Waals surface area contributed by atoms with Crippen molar-refractivity contribution in [3.05, 3.63) is 29.8 Å². The zero-order chi connectivity index (χ0) is 13.1. The minimum absolute atomic E-state index is 0.0110. The molecule has 2 rings (SSSR count). The van der Waals surface area contributed by atoms with Crippen LogP contribution in [0.1, 0.15) is 23.7 Å². The molecule has 3 nitrogen and oxygen atoms in total. The van der Waals surface area contributed by atoms with E-state index in [9.17, 15) is 13.6 Å². The maximum absolute atomic E-state index is 12.0. The van der Waals surface area contributed by atoms with Crippen LogP contribution in [-0.4, -0.2) is 25.1 Å². The molecule has 0 aliphatic heterocycles. The van der Waals surface area contributed by atoms with E-state index in [1.807, 2.05) is 6.92 Å². The van der Waals surface area contributed by atoms with Crippen molar-refractivity contribution < 1.29 is 23.0 Å². The van der Waals surface area contributed by atoms with Crippen LogP contribution in [0.2, 0.25) is 0 Å². The molecule has 2 unspecified atom stereocenters. The Balaban J connectivity index is 1.95. The highest BCUT2D eigenvalue weighted by Crippen LogP contribution is 2.33. The summed E-state index contributed by atoms with van der Waals surface area (Å²) in [4.78, 5) is 11.7. The van der Waals surface area contributed by atoms with Crippen molar-refractivity contribution in [1.29, 1.82) is 0 Å². The molecule has 0 heterocycles. The summed E-state index contributed by atoms with van der Waals surface area (Å²) >= 11 is 0. The minimum atomic E-state index is -2.53. The Morgan fingerprint density at radius 1 is 1.50 bits per heavy atom. The zero-order valence-electron chi connectivity index (χ0n) is 9.94. The Morgan fingerprint density at radius 3 is 2.83 bits per heavy atom. The summed E-state index contributed by atoms with van der Waals surface area (Å²) < 4.78 is 34.0. The third-order valence-corrected chi connectivity index (χ3v) is 2.74. The molecule has 1 fully saturated rings. The lowest BCUT2D eigenvalue weighted by Crippen LogP contribution is -2.10. The summed E-state index contributed by atoms with van der Waals surface area (Å²) in [6.45, 7) is 1.32. The first kappa shape index (κ1) is 12.8. The fraction of sp³-hybridized carbons (Fsp3) is 0.462. The molecule has 0 N–H and O–H groups in total. The fourth-order valence-corrected chi connectivity index (χ4v) is 1.53. The number of carbonyl (C=O) groups excluding carboxylic acids is 1. The van der Waals surface area contributed by atoms with E-state index in [1.54, 1.807) is 12.1 Å². The highest BCUT2D eigenvalue weighted by molar-refractivity contribution is 5.90. The van der Waals surface area contributed by atoms with Gasteiger partial charge in [-0.05, 0) is 30.5 Å². The molecule has 0 amide bonds. The monoisotopic (exact) mass is 256 g/mol. The van der Waals surface area contributed by atoms with Gasteiger partial charge in [-0.1, -0.05) is 13.0 Å². The van der Waals surface area contributed by atoms with Crippen LogP contribution in [0.3, 0.4) is 0 Å². The molecule has 0 spiro atoms. The lowest BCUT2D eigenvalue weighted by Gasteiger charge is -2.07. The predicted molar refractivity (Wildman–Crippen MR) is 60.9 cm³/mol. The van der Waals surface area contributed by atoms with Gasteiger partial charge >= 0.3 is 5.97 Å². The van der Waals surface area contributed by atoms with Gasteiger partial charge in [0, 0.05) is 0 Å². The summed E-state index contributed by atoms with van der Waals surface area (Å²) in [5.74, 6) is 0.215. The molecule has 0 radical (unpaired) electrons. The molecule has 5 heteroatoms. The van der Waals surface area contributed by atoms with E-state index < -0.39 is 19.0 Å². The van der Waals surface area contributed by atoms with Crippen molar-refractivity contribution >= 4 is 5.97 Å². The van der Waals surface area contributed by atoms with Crippen LogP contribution in [-0.2, 0) is 4.74 Å². The lowest BCUT2D eigenvalue weighted by atomic mass is 10.2. The van der Waals surface area contributed by atoms with Crippen molar-refractivity contribution in [1.82, 2.24) is 0 Å². The summed E-state index contributed by atoms with van der Waals surface area (Å²) in [5, 5.41) is 0. The Hall–Kier alpha value is -1.65. The number of carbonyl (C=O) groups is 1. The van der Waals surface area contributed by atoms with Gasteiger partial charge < -0.3 is 9.47 Å². The van der Waals surface area contributed by atoms with Crippen LogP contribution < -0.4 is 4.74 Å². The first-order valence-corrected chi connectivity index (χ1v) is 5.78. The number of esters is 1. The Bertz CT molecular complexity index is 434. The van der Waals surface area contributed by atoms with Gasteiger partial charge in [-0.2, -0.15) is 0 Å². The number of hydrogen-bond acceptors (Lipinski definition) is 3. The third-order valence-electron chi connectivity index (χ3n) is 2.74. The molecular weight excluding hydrogens is 242 g/mol. The topological polar surface area (TPSA) is 35.5 Å². The maximum Gasteiger partial charge on any atom is 0.338 e. The van der Waals surface area contributed by atoms with E-state index in [-0.39, 0.29) is 11.9 Å². The van der Waals surface area contributed by atoms with Crippen molar-refractivity contribution in [3.8, 4) is 5.75 Å². The van der Waals surface area contributed by atoms with E-state index in [1.165, 1.54) is 12.1 Å². The van der Waals surface area contributed by atoms with Crippen molar-refractivity contribution in [3.63, 3.8) is 0 Å². The van der Waals surface area contributed by atoms with Crippen molar-refractivity contribution in [2.45, 2.75) is 25.9 Å². The standard InChI is InChI=1S/C13H14F2O3/c1-8-5-11(8)18-13(16)9-3-2-4-10(6-9)17-7-12(14)15/h2-4,6,8,11-12H,5,7H2,1H3. The normalized spacial score (nSPS) is 21.8. The molecule has 1 aromatic rings. The van der Waals surface area contributed by atoms with E-state index >= 15 is 0 Å². The molecule has 18 heavy (non-hydrogen) atoms. The highest BCUT2D eigenvalue weighted by atomic mass is 19.3. The molecule has 1 aliphatic rings. The highest BCUT2D eigenvalue weighted by Gasteiger charge is 2.36. The molecule has 1 aromatic carbocycles. The molecule has 0 saturated heterocycles. The average molecular weight is 256 g/mol. The second kappa shape index (κ2) is 5.33. The number of ether oxygens (including phenoxy) is 2. The van der Waals surface area contributed by atoms with Gasteiger partial charge in [0.15, 0.2) is 0 Å². The second-order valence-corrected chi connectivity index (χ2v) is 4.39. The first-order valence-electron chi connectivity index (χ1n) is 5.78. The summed E-state index contributed by atoms with van der Waals surface area (Å²) in [6.07, 6.45) is -1.66. The molecule has 1 aliphatic carbocycles. The van der Waals surface area contributed by atoms with Crippen LogP contribution in [0.25, 0.3) is 0 Å². The molecule has 98 valence electrons. The fourth-order valence-electron chi connectivity index (χ4n) is 1.53. The van der Waals surface area contributed by atoms with E-state index in [4.69, 9.17) is 9.47 Å². The van der Waals surface area contributed by atoms with Gasteiger partial charge in [0.05, 0.1) is 5.56 Å². The third kappa shape index (κ3) is 3.42. The summed E-state index contributed by atoms with van der Waals surface area (Å²) in [5.41, 5.74) is 0.320. The molecule has 0 bridgehead atoms. The van der Waals surface area contributed by atoms with Crippen molar-refractivity contribution in [2.75, 3.05) is 6.61 Å². The van der Waals surface area contributed by atoms with Gasteiger partial charge in [-0.3, -0.25) is 0 Å².